The number of ketones is 1. The Morgan fingerprint density at radius 2 is 1.69 bits per heavy atom. The van der Waals surface area contributed by atoms with Crippen molar-refractivity contribution in [3.05, 3.63) is 64.7 Å². The molecule has 2 aromatic rings. The number of benzene rings is 2. The molecule has 0 unspecified atom stereocenters. The monoisotopic (exact) mass is 454 g/mol. The maximum absolute atomic E-state index is 13.5. The van der Waals surface area contributed by atoms with Gasteiger partial charge in [0.05, 0.1) is 29.5 Å². The van der Waals surface area contributed by atoms with E-state index in [-0.39, 0.29) is 10.6 Å². The molecule has 0 bridgehead atoms. The van der Waals surface area contributed by atoms with E-state index in [1.54, 1.807) is 42.5 Å². The Labute approximate surface area is 190 Å². The number of amides is 3. The Morgan fingerprint density at radius 1 is 1.03 bits per heavy atom. The molecule has 2 atom stereocenters. The lowest BCUT2D eigenvalue weighted by atomic mass is 9.81. The number of fused-ring (bicyclic) bond motifs is 1. The van der Waals surface area contributed by atoms with Crippen molar-refractivity contribution in [2.24, 2.45) is 11.8 Å². The number of methoxy groups -OCH3 is 1. The number of hydrogen-bond acceptors (Lipinski definition) is 5. The third-order valence-electron chi connectivity index (χ3n) is 6.08. The minimum atomic E-state index is -0.674. The molecule has 166 valence electrons. The van der Waals surface area contributed by atoms with Crippen LogP contribution in [-0.2, 0) is 9.59 Å². The van der Waals surface area contributed by atoms with E-state index in [1.807, 2.05) is 0 Å². The molecule has 0 radical (unpaired) electrons. The van der Waals surface area contributed by atoms with Crippen LogP contribution < -0.4 is 4.74 Å². The van der Waals surface area contributed by atoms with Gasteiger partial charge in [-0.25, -0.2) is 5.01 Å². The predicted octanol–water partition coefficient (Wildman–Crippen LogP) is 3.76. The highest BCUT2D eigenvalue weighted by atomic mass is 35.5. The molecular weight excluding hydrogens is 432 g/mol. The molecule has 32 heavy (non-hydrogen) atoms. The minimum absolute atomic E-state index is 0.114. The van der Waals surface area contributed by atoms with Crippen molar-refractivity contribution in [3.63, 3.8) is 0 Å². The lowest BCUT2D eigenvalue weighted by Gasteiger charge is -2.30. The fourth-order valence-electron chi connectivity index (χ4n) is 4.41. The molecule has 0 spiro atoms. The molecule has 2 aliphatic rings. The summed E-state index contributed by atoms with van der Waals surface area (Å²) in [5.41, 5.74) is 0.418. The van der Waals surface area contributed by atoms with Crippen LogP contribution >= 0.6 is 11.6 Å². The number of rotatable bonds is 6. The van der Waals surface area contributed by atoms with E-state index in [0.717, 1.165) is 22.9 Å². The summed E-state index contributed by atoms with van der Waals surface area (Å²) in [5, 5.41) is 2.00. The highest BCUT2D eigenvalue weighted by molar-refractivity contribution is 6.34. The van der Waals surface area contributed by atoms with Gasteiger partial charge >= 0.3 is 0 Å². The van der Waals surface area contributed by atoms with Gasteiger partial charge in [0.1, 0.15) is 12.3 Å². The fourth-order valence-corrected chi connectivity index (χ4v) is 4.63. The molecule has 7 nitrogen and oxygen atoms in total. The Bertz CT molecular complexity index is 1060. The van der Waals surface area contributed by atoms with E-state index in [4.69, 9.17) is 16.3 Å². The first-order chi connectivity index (χ1) is 15.4. The molecule has 1 heterocycles. The van der Waals surface area contributed by atoms with Gasteiger partial charge in [-0.1, -0.05) is 48.7 Å². The summed E-state index contributed by atoms with van der Waals surface area (Å²) in [4.78, 5) is 52.9. The molecule has 2 fully saturated rings. The first-order valence-corrected chi connectivity index (χ1v) is 10.9. The molecule has 3 amide bonds. The summed E-state index contributed by atoms with van der Waals surface area (Å²) in [6.07, 6.45) is 2.91. The summed E-state index contributed by atoms with van der Waals surface area (Å²) in [7, 11) is 1.49. The molecule has 0 N–H and O–H groups in total. The first kappa shape index (κ1) is 22.0. The number of imide groups is 1. The third-order valence-corrected chi connectivity index (χ3v) is 6.41. The van der Waals surface area contributed by atoms with Gasteiger partial charge in [-0.15, -0.1) is 0 Å². The van der Waals surface area contributed by atoms with Crippen molar-refractivity contribution in [2.45, 2.75) is 25.7 Å². The molecular formula is C24H23ClN2O5. The Balaban J connectivity index is 1.71. The highest BCUT2D eigenvalue weighted by Crippen LogP contribution is 2.39. The van der Waals surface area contributed by atoms with E-state index < -0.39 is 41.9 Å². The number of hydrogen-bond donors (Lipinski definition) is 0. The van der Waals surface area contributed by atoms with Crippen molar-refractivity contribution < 1.29 is 23.9 Å². The summed E-state index contributed by atoms with van der Waals surface area (Å²) >= 11 is 6.22. The van der Waals surface area contributed by atoms with E-state index >= 15 is 0 Å². The predicted molar refractivity (Wildman–Crippen MR) is 117 cm³/mol. The second-order valence-corrected chi connectivity index (χ2v) is 8.39. The lowest BCUT2D eigenvalue weighted by Crippen LogP contribution is -2.52. The van der Waals surface area contributed by atoms with Crippen molar-refractivity contribution in [3.8, 4) is 5.75 Å². The van der Waals surface area contributed by atoms with Crippen LogP contribution in [0.3, 0.4) is 0 Å². The van der Waals surface area contributed by atoms with Gasteiger partial charge in [0.25, 0.3) is 17.7 Å². The van der Waals surface area contributed by atoms with Gasteiger partial charge in [0, 0.05) is 5.56 Å². The largest absolute Gasteiger partial charge is 0.497 e. The van der Waals surface area contributed by atoms with Crippen molar-refractivity contribution in [1.29, 1.82) is 0 Å². The lowest BCUT2D eigenvalue weighted by molar-refractivity contribution is -0.154. The van der Waals surface area contributed by atoms with Crippen LogP contribution in [0.25, 0.3) is 0 Å². The van der Waals surface area contributed by atoms with Crippen LogP contribution in [-0.4, -0.2) is 47.2 Å². The van der Waals surface area contributed by atoms with Crippen molar-refractivity contribution >= 4 is 35.1 Å². The Kier molecular flexibility index (Phi) is 6.28. The maximum atomic E-state index is 13.5. The number of carbonyl (C=O) groups is 4. The standard InChI is InChI=1S/C24H23ClN2O5/c1-32-16-8-6-7-15(13-16)21(28)14-26(22(29)19-11-4-5-12-20(19)25)27-23(30)17-9-2-3-10-18(17)24(27)31/h4-8,11-13,17-18H,2-3,9-10,14H2,1H3/t17-,18+. The van der Waals surface area contributed by atoms with Crippen LogP contribution in [0.15, 0.2) is 48.5 Å². The van der Waals surface area contributed by atoms with Crippen LogP contribution in [0.4, 0.5) is 0 Å². The molecule has 8 heteroatoms. The number of halogens is 1. The average Bonchev–Trinajstić information content (AvgIpc) is 3.07. The molecule has 4 rings (SSSR count). The van der Waals surface area contributed by atoms with Crippen LogP contribution in [0.5, 0.6) is 5.75 Å². The Hall–Kier alpha value is -3.19. The zero-order chi connectivity index (χ0) is 22.8. The number of hydrazine groups is 1. The van der Waals surface area contributed by atoms with E-state index in [9.17, 15) is 19.2 Å². The zero-order valence-electron chi connectivity index (χ0n) is 17.6. The summed E-state index contributed by atoms with van der Waals surface area (Å²) in [6, 6.07) is 12.9. The van der Waals surface area contributed by atoms with E-state index in [0.29, 0.717) is 24.2 Å². The van der Waals surface area contributed by atoms with E-state index in [2.05, 4.69) is 0 Å². The highest BCUT2D eigenvalue weighted by Gasteiger charge is 2.51. The van der Waals surface area contributed by atoms with Gasteiger partial charge in [0.2, 0.25) is 0 Å². The minimum Gasteiger partial charge on any atom is -0.497 e. The zero-order valence-corrected chi connectivity index (χ0v) is 18.4. The maximum Gasteiger partial charge on any atom is 0.274 e. The number of Topliss-reactive ketones (excluding diaryl/α,β-unsaturated/α-hetero) is 1. The first-order valence-electron chi connectivity index (χ1n) is 10.5. The molecule has 0 aromatic heterocycles. The van der Waals surface area contributed by atoms with Crippen molar-refractivity contribution in [1.82, 2.24) is 10.0 Å². The van der Waals surface area contributed by atoms with Gasteiger partial charge in [-0.2, -0.15) is 5.01 Å². The number of nitrogens with zero attached hydrogens (tertiary/aromatic N) is 2. The molecule has 1 saturated carbocycles. The van der Waals surface area contributed by atoms with E-state index in [1.165, 1.54) is 13.2 Å². The van der Waals surface area contributed by atoms with Crippen molar-refractivity contribution in [2.75, 3.05) is 13.7 Å². The quantitative estimate of drug-likeness (QED) is 0.490. The molecule has 2 aromatic carbocycles. The second-order valence-electron chi connectivity index (χ2n) is 7.98. The smallest absolute Gasteiger partial charge is 0.274 e. The molecule has 1 aliphatic heterocycles. The molecule has 1 aliphatic carbocycles. The Morgan fingerprint density at radius 3 is 2.31 bits per heavy atom. The summed E-state index contributed by atoms with van der Waals surface area (Å²) < 4.78 is 5.17. The second kappa shape index (κ2) is 9.12. The topological polar surface area (TPSA) is 84.0 Å². The van der Waals surface area contributed by atoms with Gasteiger partial charge < -0.3 is 4.74 Å². The SMILES string of the molecule is COc1cccc(C(=O)CN(C(=O)c2ccccc2Cl)N2C(=O)[C@H]3CCCC[C@H]3C2=O)c1. The van der Waals surface area contributed by atoms with Crippen LogP contribution in [0, 0.1) is 11.8 Å². The summed E-state index contributed by atoms with van der Waals surface area (Å²) in [6.45, 7) is -0.478. The third kappa shape index (κ3) is 4.00. The average molecular weight is 455 g/mol. The normalized spacial score (nSPS) is 20.1. The number of ether oxygens (including phenoxy) is 1. The van der Waals surface area contributed by atoms with Gasteiger partial charge in [0.15, 0.2) is 5.78 Å². The summed E-state index contributed by atoms with van der Waals surface area (Å²) in [5.74, 6) is -2.39. The van der Waals surface area contributed by atoms with Crippen LogP contribution in [0.1, 0.15) is 46.4 Å². The fraction of sp³-hybridized carbons (Fsp3) is 0.333. The van der Waals surface area contributed by atoms with Gasteiger partial charge in [-0.05, 0) is 37.1 Å². The van der Waals surface area contributed by atoms with Crippen LogP contribution in [0.2, 0.25) is 5.02 Å². The number of carbonyl (C=O) groups excluding carboxylic acids is 4. The molecule has 1 saturated heterocycles. The van der Waals surface area contributed by atoms with Gasteiger partial charge in [-0.3, -0.25) is 19.2 Å².